The molecule has 0 bridgehead atoms. The van der Waals surface area contributed by atoms with Gasteiger partial charge in [-0.05, 0) is 48.5 Å². The summed E-state index contributed by atoms with van der Waals surface area (Å²) in [6.45, 7) is 2.25. The van der Waals surface area contributed by atoms with Gasteiger partial charge < -0.3 is 9.80 Å². The van der Waals surface area contributed by atoms with Gasteiger partial charge in [0.15, 0.2) is 10.9 Å². The quantitative estimate of drug-likeness (QED) is 0.256. The van der Waals surface area contributed by atoms with Crippen LogP contribution in [0.3, 0.4) is 0 Å². The Bertz CT molecular complexity index is 1340. The van der Waals surface area contributed by atoms with E-state index < -0.39 is 0 Å². The highest BCUT2D eigenvalue weighted by atomic mass is 35.5. The summed E-state index contributed by atoms with van der Waals surface area (Å²) in [6.07, 6.45) is 3.32. The lowest BCUT2D eigenvalue weighted by Gasteiger charge is -2.35. The van der Waals surface area contributed by atoms with Crippen LogP contribution in [0, 0.1) is 5.82 Å². The summed E-state index contributed by atoms with van der Waals surface area (Å²) < 4.78 is 14.9. The van der Waals surface area contributed by atoms with E-state index in [1.165, 1.54) is 23.9 Å². The summed E-state index contributed by atoms with van der Waals surface area (Å²) in [5.74, 6) is -0.127. The van der Waals surface area contributed by atoms with Crippen LogP contribution in [0.5, 0.6) is 0 Å². The Labute approximate surface area is 221 Å². The van der Waals surface area contributed by atoms with E-state index in [2.05, 4.69) is 25.2 Å². The number of benzene rings is 2. The molecule has 36 heavy (non-hydrogen) atoms. The zero-order chi connectivity index (χ0) is 25.1. The molecule has 8 nitrogen and oxygen atoms in total. The van der Waals surface area contributed by atoms with Gasteiger partial charge in [-0.1, -0.05) is 40.2 Å². The van der Waals surface area contributed by atoms with Crippen LogP contribution in [0.1, 0.15) is 16.2 Å². The first-order valence-electron chi connectivity index (χ1n) is 11.1. The topological polar surface area (TPSA) is 80.0 Å². The molecule has 1 fully saturated rings. The fraction of sp³-hybridized carbons (Fsp3) is 0.208. The van der Waals surface area contributed by atoms with E-state index in [4.69, 9.17) is 23.2 Å². The molecule has 0 aliphatic carbocycles. The maximum atomic E-state index is 13.5. The average molecular weight is 544 g/mol. The molecule has 184 valence electrons. The van der Waals surface area contributed by atoms with Gasteiger partial charge in [0.05, 0.1) is 11.4 Å². The minimum Gasteiger partial charge on any atom is -0.368 e. The molecule has 1 amide bonds. The van der Waals surface area contributed by atoms with Crippen LogP contribution in [-0.2, 0) is 5.75 Å². The highest BCUT2D eigenvalue weighted by Crippen LogP contribution is 2.27. The van der Waals surface area contributed by atoms with Crippen LogP contribution in [0.25, 0.3) is 5.69 Å². The van der Waals surface area contributed by atoms with Gasteiger partial charge in [-0.3, -0.25) is 4.79 Å². The van der Waals surface area contributed by atoms with Gasteiger partial charge in [0.25, 0.3) is 5.91 Å². The minimum absolute atomic E-state index is 0.210. The van der Waals surface area contributed by atoms with Crippen molar-refractivity contribution in [3.63, 3.8) is 0 Å². The standard InChI is InChI=1S/C24H20Cl2FN7OS/c25-16-12-17(26)14-20(13-16)34-21(15-36-24-28-6-1-7-29-24)22(30-31-34)23(35)33-10-8-32(9-11-33)19-4-2-18(27)3-5-19/h1-7,12-14H,8-11,15H2. The molecule has 0 spiro atoms. The number of carbonyl (C=O) groups excluding carboxylic acids is 1. The summed E-state index contributed by atoms with van der Waals surface area (Å²) >= 11 is 13.8. The largest absolute Gasteiger partial charge is 0.368 e. The highest BCUT2D eigenvalue weighted by molar-refractivity contribution is 7.98. The van der Waals surface area contributed by atoms with Crippen molar-refractivity contribution < 1.29 is 9.18 Å². The molecule has 0 N–H and O–H groups in total. The van der Waals surface area contributed by atoms with Crippen LogP contribution >= 0.6 is 35.0 Å². The fourth-order valence-electron chi connectivity index (χ4n) is 3.93. The molecule has 0 saturated carbocycles. The summed E-state index contributed by atoms with van der Waals surface area (Å²) in [4.78, 5) is 25.9. The second-order valence-electron chi connectivity index (χ2n) is 8.00. The summed E-state index contributed by atoms with van der Waals surface area (Å²) in [5.41, 5.74) is 2.37. The molecule has 2 aromatic carbocycles. The Morgan fingerprint density at radius 2 is 1.61 bits per heavy atom. The number of anilines is 1. The number of thioether (sulfide) groups is 1. The summed E-state index contributed by atoms with van der Waals surface area (Å²) in [5, 5.41) is 9.99. The van der Waals surface area contributed by atoms with Crippen molar-refractivity contribution in [3.05, 3.63) is 88.2 Å². The van der Waals surface area contributed by atoms with E-state index in [-0.39, 0.29) is 17.4 Å². The first kappa shape index (κ1) is 24.5. The Hall–Kier alpha value is -3.21. The molecular formula is C24H20Cl2FN7OS. The normalized spacial score (nSPS) is 13.8. The van der Waals surface area contributed by atoms with Gasteiger partial charge >= 0.3 is 0 Å². The minimum atomic E-state index is -0.275. The Morgan fingerprint density at radius 3 is 2.28 bits per heavy atom. The predicted molar refractivity (Wildman–Crippen MR) is 137 cm³/mol. The van der Waals surface area contributed by atoms with Gasteiger partial charge in [0.1, 0.15) is 5.82 Å². The second-order valence-corrected chi connectivity index (χ2v) is 9.82. The maximum Gasteiger partial charge on any atom is 0.276 e. The molecule has 3 heterocycles. The molecule has 5 rings (SSSR count). The van der Waals surface area contributed by atoms with Gasteiger partial charge in [-0.2, -0.15) is 0 Å². The molecule has 1 aliphatic heterocycles. The van der Waals surface area contributed by atoms with Gasteiger partial charge in [0, 0.05) is 60.1 Å². The monoisotopic (exact) mass is 543 g/mol. The molecule has 1 aliphatic rings. The lowest BCUT2D eigenvalue weighted by Crippen LogP contribution is -2.49. The van der Waals surface area contributed by atoms with Crippen LogP contribution in [0.4, 0.5) is 10.1 Å². The Balaban J connectivity index is 1.39. The van der Waals surface area contributed by atoms with Gasteiger partial charge in [-0.15, -0.1) is 5.10 Å². The van der Waals surface area contributed by atoms with Gasteiger partial charge in [-0.25, -0.2) is 19.0 Å². The van der Waals surface area contributed by atoms with Gasteiger partial charge in [0.2, 0.25) is 0 Å². The van der Waals surface area contributed by atoms with Crippen LogP contribution in [-0.4, -0.2) is 61.9 Å². The zero-order valence-corrected chi connectivity index (χ0v) is 21.2. The number of piperazine rings is 1. The van der Waals surface area contributed by atoms with E-state index in [9.17, 15) is 9.18 Å². The number of amides is 1. The molecule has 4 aromatic rings. The van der Waals surface area contributed by atoms with E-state index in [1.807, 2.05) is 0 Å². The third kappa shape index (κ3) is 5.45. The van der Waals surface area contributed by atoms with Crippen molar-refractivity contribution in [1.29, 1.82) is 0 Å². The van der Waals surface area contributed by atoms with Crippen LogP contribution in [0.2, 0.25) is 10.0 Å². The number of hydrogen-bond acceptors (Lipinski definition) is 7. The number of aromatic nitrogens is 5. The molecule has 2 aromatic heterocycles. The highest BCUT2D eigenvalue weighted by Gasteiger charge is 2.28. The second kappa shape index (κ2) is 10.8. The van der Waals surface area contributed by atoms with Crippen LogP contribution in [0.15, 0.2) is 66.1 Å². The van der Waals surface area contributed by atoms with Crippen molar-refractivity contribution in [2.24, 2.45) is 0 Å². The molecule has 0 radical (unpaired) electrons. The first-order chi connectivity index (χ1) is 17.5. The molecule has 0 unspecified atom stereocenters. The van der Waals surface area contributed by atoms with E-state index >= 15 is 0 Å². The predicted octanol–water partition coefficient (Wildman–Crippen LogP) is 4.76. The SMILES string of the molecule is O=C(c1nnn(-c2cc(Cl)cc(Cl)c2)c1CSc1ncccn1)N1CCN(c2ccc(F)cc2)CC1. The van der Waals surface area contributed by atoms with Crippen molar-refractivity contribution in [1.82, 2.24) is 29.9 Å². The number of rotatable bonds is 6. The Kier molecular flexibility index (Phi) is 7.35. The smallest absolute Gasteiger partial charge is 0.276 e. The molecule has 0 atom stereocenters. The van der Waals surface area contributed by atoms with Crippen LogP contribution < -0.4 is 4.90 Å². The first-order valence-corrected chi connectivity index (χ1v) is 12.8. The van der Waals surface area contributed by atoms with Crippen molar-refractivity contribution in [2.45, 2.75) is 10.9 Å². The number of nitrogens with zero attached hydrogens (tertiary/aromatic N) is 7. The maximum absolute atomic E-state index is 13.5. The van der Waals surface area contributed by atoms with E-state index in [1.54, 1.807) is 58.4 Å². The average Bonchev–Trinajstić information content (AvgIpc) is 3.32. The third-order valence-electron chi connectivity index (χ3n) is 5.70. The lowest BCUT2D eigenvalue weighted by molar-refractivity contribution is 0.0740. The number of carbonyl (C=O) groups is 1. The molecular weight excluding hydrogens is 524 g/mol. The zero-order valence-electron chi connectivity index (χ0n) is 18.9. The lowest BCUT2D eigenvalue weighted by atomic mass is 10.2. The molecule has 12 heteroatoms. The van der Waals surface area contributed by atoms with Crippen molar-refractivity contribution >= 4 is 46.6 Å². The third-order valence-corrected chi connectivity index (χ3v) is 7.02. The number of halogens is 3. The molecule has 1 saturated heterocycles. The fourth-order valence-corrected chi connectivity index (χ4v) is 5.24. The van der Waals surface area contributed by atoms with Crippen molar-refractivity contribution in [3.8, 4) is 5.69 Å². The van der Waals surface area contributed by atoms with E-state index in [0.717, 1.165) is 5.69 Å². The summed E-state index contributed by atoms with van der Waals surface area (Å²) in [7, 11) is 0. The Morgan fingerprint density at radius 1 is 0.944 bits per heavy atom. The number of hydrogen-bond donors (Lipinski definition) is 0. The van der Waals surface area contributed by atoms with E-state index in [0.29, 0.717) is 58.5 Å². The summed E-state index contributed by atoms with van der Waals surface area (Å²) in [6, 6.07) is 13.2. The van der Waals surface area contributed by atoms with Crippen molar-refractivity contribution in [2.75, 3.05) is 31.1 Å².